The number of hydrogen-bond acceptors (Lipinski definition) is 4. The summed E-state index contributed by atoms with van der Waals surface area (Å²) in [7, 11) is 1.36. The molecule has 0 saturated carbocycles. The summed E-state index contributed by atoms with van der Waals surface area (Å²) in [6.07, 6.45) is 4.65. The second-order valence-corrected chi connectivity index (χ2v) is 5.05. The standard InChI is InChI=1S/C15H18ClN3O2/c1-3-6-19-10-17-8-12(19)9-18-14-7-11(16)4-5-13(14)15(20)21-2/h4-5,7-8,10,18H,3,6,9H2,1-2H3. The van der Waals surface area contributed by atoms with Crippen LogP contribution in [0.15, 0.2) is 30.7 Å². The maximum Gasteiger partial charge on any atom is 0.339 e. The van der Waals surface area contributed by atoms with Crippen molar-refractivity contribution in [2.45, 2.75) is 26.4 Å². The molecule has 0 aliphatic heterocycles. The molecule has 0 saturated heterocycles. The number of benzene rings is 1. The van der Waals surface area contributed by atoms with Gasteiger partial charge < -0.3 is 14.6 Å². The molecule has 112 valence electrons. The summed E-state index contributed by atoms with van der Waals surface area (Å²) in [6, 6.07) is 5.04. The second-order valence-electron chi connectivity index (χ2n) is 4.61. The number of carbonyl (C=O) groups excluding carboxylic acids is 1. The smallest absolute Gasteiger partial charge is 0.339 e. The molecule has 0 radical (unpaired) electrons. The molecule has 1 aromatic heterocycles. The lowest BCUT2D eigenvalue weighted by atomic mass is 10.1. The Kier molecular flexibility index (Phi) is 5.22. The number of esters is 1. The highest BCUT2D eigenvalue weighted by Gasteiger charge is 2.12. The van der Waals surface area contributed by atoms with Crippen LogP contribution in [0, 0.1) is 0 Å². The number of aryl methyl sites for hydroxylation is 1. The molecular formula is C15H18ClN3O2. The van der Waals surface area contributed by atoms with Crippen LogP contribution in [0.25, 0.3) is 0 Å². The first kappa shape index (κ1) is 15.4. The minimum Gasteiger partial charge on any atom is -0.465 e. The lowest BCUT2D eigenvalue weighted by Crippen LogP contribution is -2.11. The van der Waals surface area contributed by atoms with E-state index in [2.05, 4.69) is 21.8 Å². The number of rotatable bonds is 6. The zero-order valence-electron chi connectivity index (χ0n) is 12.1. The van der Waals surface area contributed by atoms with Crippen molar-refractivity contribution < 1.29 is 9.53 Å². The zero-order valence-corrected chi connectivity index (χ0v) is 12.9. The summed E-state index contributed by atoms with van der Waals surface area (Å²) in [6.45, 7) is 3.59. The fraction of sp³-hybridized carbons (Fsp3) is 0.333. The van der Waals surface area contributed by atoms with Crippen LogP contribution in [-0.2, 0) is 17.8 Å². The van der Waals surface area contributed by atoms with Gasteiger partial charge in [0.25, 0.3) is 0 Å². The molecule has 1 N–H and O–H groups in total. The quantitative estimate of drug-likeness (QED) is 0.832. The molecule has 0 spiro atoms. The fourth-order valence-corrected chi connectivity index (χ4v) is 2.25. The van der Waals surface area contributed by atoms with Crippen LogP contribution in [0.1, 0.15) is 29.4 Å². The fourth-order valence-electron chi connectivity index (χ4n) is 2.07. The van der Waals surface area contributed by atoms with E-state index in [4.69, 9.17) is 16.3 Å². The Morgan fingerprint density at radius 1 is 1.48 bits per heavy atom. The third-order valence-corrected chi connectivity index (χ3v) is 3.35. The second kappa shape index (κ2) is 7.13. The first-order valence-corrected chi connectivity index (χ1v) is 7.14. The number of nitrogens with zero attached hydrogens (tertiary/aromatic N) is 2. The van der Waals surface area contributed by atoms with E-state index in [1.807, 2.05) is 6.20 Å². The van der Waals surface area contributed by atoms with E-state index in [-0.39, 0.29) is 0 Å². The number of ether oxygens (including phenoxy) is 1. The number of methoxy groups -OCH3 is 1. The Bertz CT molecular complexity index is 625. The normalized spacial score (nSPS) is 10.4. The van der Waals surface area contributed by atoms with E-state index in [9.17, 15) is 4.79 Å². The third-order valence-electron chi connectivity index (χ3n) is 3.11. The number of hydrogen-bond donors (Lipinski definition) is 1. The summed E-state index contributed by atoms with van der Waals surface area (Å²) < 4.78 is 6.86. The Balaban J connectivity index is 2.17. The van der Waals surface area contributed by atoms with Crippen LogP contribution in [0.2, 0.25) is 5.02 Å². The summed E-state index contributed by atoms with van der Waals surface area (Å²) in [5.41, 5.74) is 2.16. The number of aromatic nitrogens is 2. The van der Waals surface area contributed by atoms with E-state index in [0.717, 1.165) is 18.7 Å². The Labute approximate surface area is 128 Å². The van der Waals surface area contributed by atoms with Crippen molar-refractivity contribution in [3.63, 3.8) is 0 Å². The molecule has 0 aliphatic carbocycles. The molecule has 1 aromatic carbocycles. The summed E-state index contributed by atoms with van der Waals surface area (Å²) in [4.78, 5) is 15.9. The van der Waals surface area contributed by atoms with Crippen molar-refractivity contribution in [3.05, 3.63) is 47.0 Å². The van der Waals surface area contributed by atoms with Gasteiger partial charge in [-0.25, -0.2) is 9.78 Å². The molecule has 5 nitrogen and oxygen atoms in total. The third kappa shape index (κ3) is 3.76. The number of nitrogens with one attached hydrogen (secondary N) is 1. The zero-order chi connectivity index (χ0) is 15.2. The molecule has 1 heterocycles. The summed E-state index contributed by atoms with van der Waals surface area (Å²) >= 11 is 6.00. The SMILES string of the molecule is CCCn1cncc1CNc1cc(Cl)ccc1C(=O)OC. The van der Waals surface area contributed by atoms with E-state index < -0.39 is 5.97 Å². The van der Waals surface area contributed by atoms with Gasteiger partial charge in [-0.15, -0.1) is 0 Å². The predicted molar refractivity (Wildman–Crippen MR) is 82.6 cm³/mol. The molecule has 2 rings (SSSR count). The number of imidazole rings is 1. The van der Waals surface area contributed by atoms with Gasteiger partial charge in [-0.1, -0.05) is 18.5 Å². The van der Waals surface area contributed by atoms with Gasteiger partial charge in [0.2, 0.25) is 0 Å². The van der Waals surface area contributed by atoms with Gasteiger partial charge in [-0.3, -0.25) is 0 Å². The van der Waals surface area contributed by atoms with Crippen molar-refractivity contribution >= 4 is 23.3 Å². The van der Waals surface area contributed by atoms with Gasteiger partial charge >= 0.3 is 5.97 Å². The molecule has 0 bridgehead atoms. The van der Waals surface area contributed by atoms with Crippen LogP contribution in [-0.4, -0.2) is 22.6 Å². The molecule has 6 heteroatoms. The van der Waals surface area contributed by atoms with Gasteiger partial charge in [0, 0.05) is 17.8 Å². The van der Waals surface area contributed by atoms with Gasteiger partial charge in [0.15, 0.2) is 0 Å². The molecule has 0 amide bonds. The molecule has 0 unspecified atom stereocenters. The van der Waals surface area contributed by atoms with Gasteiger partial charge in [-0.05, 0) is 24.6 Å². The number of anilines is 1. The lowest BCUT2D eigenvalue weighted by Gasteiger charge is -2.12. The van der Waals surface area contributed by atoms with Crippen molar-refractivity contribution in [1.29, 1.82) is 0 Å². The topological polar surface area (TPSA) is 56.2 Å². The maximum absolute atomic E-state index is 11.8. The van der Waals surface area contributed by atoms with Gasteiger partial charge in [-0.2, -0.15) is 0 Å². The highest BCUT2D eigenvalue weighted by atomic mass is 35.5. The minimum atomic E-state index is -0.392. The molecule has 0 fully saturated rings. The van der Waals surface area contributed by atoms with E-state index in [1.165, 1.54) is 7.11 Å². The van der Waals surface area contributed by atoms with E-state index in [1.54, 1.807) is 24.5 Å². The highest BCUT2D eigenvalue weighted by molar-refractivity contribution is 6.31. The van der Waals surface area contributed by atoms with Crippen LogP contribution in [0.5, 0.6) is 0 Å². The average Bonchev–Trinajstić information content (AvgIpc) is 2.92. The van der Waals surface area contributed by atoms with Crippen molar-refractivity contribution in [2.75, 3.05) is 12.4 Å². The molecule has 21 heavy (non-hydrogen) atoms. The minimum absolute atomic E-state index is 0.392. The Morgan fingerprint density at radius 2 is 2.29 bits per heavy atom. The van der Waals surface area contributed by atoms with Crippen LogP contribution in [0.3, 0.4) is 0 Å². The Morgan fingerprint density at radius 3 is 3.00 bits per heavy atom. The molecule has 2 aromatic rings. The largest absolute Gasteiger partial charge is 0.465 e. The first-order valence-electron chi connectivity index (χ1n) is 6.76. The van der Waals surface area contributed by atoms with Crippen LogP contribution in [0.4, 0.5) is 5.69 Å². The monoisotopic (exact) mass is 307 g/mol. The molecular weight excluding hydrogens is 290 g/mol. The van der Waals surface area contributed by atoms with E-state index >= 15 is 0 Å². The predicted octanol–water partition coefficient (Wildman–Crippen LogP) is 3.35. The highest BCUT2D eigenvalue weighted by Crippen LogP contribution is 2.22. The van der Waals surface area contributed by atoms with Crippen LogP contribution < -0.4 is 5.32 Å². The lowest BCUT2D eigenvalue weighted by molar-refractivity contribution is 0.0602. The first-order chi connectivity index (χ1) is 10.2. The molecule has 0 aliphatic rings. The van der Waals surface area contributed by atoms with Crippen molar-refractivity contribution in [3.8, 4) is 0 Å². The van der Waals surface area contributed by atoms with Gasteiger partial charge in [0.1, 0.15) is 0 Å². The van der Waals surface area contributed by atoms with Crippen LogP contribution >= 0.6 is 11.6 Å². The van der Waals surface area contributed by atoms with Crippen molar-refractivity contribution in [1.82, 2.24) is 9.55 Å². The average molecular weight is 308 g/mol. The van der Waals surface area contributed by atoms with Crippen molar-refractivity contribution in [2.24, 2.45) is 0 Å². The molecule has 0 atom stereocenters. The maximum atomic E-state index is 11.8. The number of halogens is 1. The van der Waals surface area contributed by atoms with E-state index in [0.29, 0.717) is 22.8 Å². The number of carbonyl (C=O) groups is 1. The Hall–Kier alpha value is -2.01. The summed E-state index contributed by atoms with van der Waals surface area (Å²) in [5, 5.41) is 3.79. The van der Waals surface area contributed by atoms with Gasteiger partial charge in [0.05, 0.1) is 36.9 Å². The summed E-state index contributed by atoms with van der Waals surface area (Å²) in [5.74, 6) is -0.392.